The molecule has 1 N–H and O–H groups in total. The highest BCUT2D eigenvalue weighted by Gasteiger charge is 2.29. The van der Waals surface area contributed by atoms with E-state index in [1.165, 1.54) is 35.1 Å². The zero-order chi connectivity index (χ0) is 15.4. The van der Waals surface area contributed by atoms with Crippen LogP contribution in [0.3, 0.4) is 0 Å². The zero-order valence-electron chi connectivity index (χ0n) is 14.3. The lowest BCUT2D eigenvalue weighted by atomic mass is 10.1. The molecule has 0 bridgehead atoms. The Kier molecular flexibility index (Phi) is 6.06. The van der Waals surface area contributed by atoms with Gasteiger partial charge in [-0.2, -0.15) is 0 Å². The SMILES string of the molecule is CCCc1nc(N2CC(C)CC2C)sc1CNCC(C)C. The van der Waals surface area contributed by atoms with Crippen molar-refractivity contribution in [2.45, 2.75) is 66.5 Å². The maximum Gasteiger partial charge on any atom is 0.186 e. The van der Waals surface area contributed by atoms with Crippen molar-refractivity contribution >= 4 is 16.5 Å². The van der Waals surface area contributed by atoms with E-state index in [9.17, 15) is 0 Å². The van der Waals surface area contributed by atoms with Gasteiger partial charge in [-0.15, -0.1) is 11.3 Å². The first-order valence-corrected chi connectivity index (χ1v) is 9.28. The Morgan fingerprint density at radius 2 is 2.14 bits per heavy atom. The molecule has 21 heavy (non-hydrogen) atoms. The second-order valence-electron chi connectivity index (χ2n) is 6.98. The van der Waals surface area contributed by atoms with Crippen molar-refractivity contribution < 1.29 is 0 Å². The van der Waals surface area contributed by atoms with Gasteiger partial charge in [-0.05, 0) is 38.1 Å². The third-order valence-electron chi connectivity index (χ3n) is 4.12. The van der Waals surface area contributed by atoms with Crippen LogP contribution >= 0.6 is 11.3 Å². The third-order valence-corrected chi connectivity index (χ3v) is 5.26. The van der Waals surface area contributed by atoms with Crippen molar-refractivity contribution in [2.24, 2.45) is 11.8 Å². The summed E-state index contributed by atoms with van der Waals surface area (Å²) in [7, 11) is 0. The predicted octanol–water partition coefficient (Wildman–Crippen LogP) is 4.08. The first kappa shape index (κ1) is 16.8. The predicted molar refractivity (Wildman–Crippen MR) is 93.2 cm³/mol. The molecule has 0 aromatic carbocycles. The number of thiazole rings is 1. The lowest BCUT2D eigenvalue weighted by Crippen LogP contribution is -2.26. The summed E-state index contributed by atoms with van der Waals surface area (Å²) in [6, 6.07) is 0.636. The molecule has 1 aliphatic heterocycles. The Morgan fingerprint density at radius 3 is 2.71 bits per heavy atom. The summed E-state index contributed by atoms with van der Waals surface area (Å²) >= 11 is 1.91. The van der Waals surface area contributed by atoms with Crippen LogP contribution in [-0.2, 0) is 13.0 Å². The maximum atomic E-state index is 4.97. The molecule has 0 radical (unpaired) electrons. The van der Waals surface area contributed by atoms with Crippen LogP contribution in [0, 0.1) is 11.8 Å². The second-order valence-corrected chi connectivity index (χ2v) is 8.05. The first-order valence-electron chi connectivity index (χ1n) is 8.47. The van der Waals surface area contributed by atoms with Crippen LogP contribution < -0.4 is 10.2 Å². The lowest BCUT2D eigenvalue weighted by Gasteiger charge is -2.20. The fraction of sp³-hybridized carbons (Fsp3) is 0.824. The van der Waals surface area contributed by atoms with Crippen molar-refractivity contribution in [1.29, 1.82) is 0 Å². The molecule has 0 aliphatic carbocycles. The number of aromatic nitrogens is 1. The van der Waals surface area contributed by atoms with E-state index in [2.05, 4.69) is 44.8 Å². The summed E-state index contributed by atoms with van der Waals surface area (Å²) < 4.78 is 0. The van der Waals surface area contributed by atoms with Gasteiger partial charge in [0.1, 0.15) is 0 Å². The molecular weight excluding hydrogens is 278 g/mol. The van der Waals surface area contributed by atoms with E-state index in [-0.39, 0.29) is 0 Å². The van der Waals surface area contributed by atoms with Crippen LogP contribution in [0.25, 0.3) is 0 Å². The van der Waals surface area contributed by atoms with Gasteiger partial charge in [-0.3, -0.25) is 0 Å². The molecule has 1 aromatic heterocycles. The summed E-state index contributed by atoms with van der Waals surface area (Å²) in [6.45, 7) is 14.7. The topological polar surface area (TPSA) is 28.2 Å². The van der Waals surface area contributed by atoms with Crippen LogP contribution in [0.2, 0.25) is 0 Å². The Morgan fingerprint density at radius 1 is 1.38 bits per heavy atom. The van der Waals surface area contributed by atoms with Gasteiger partial charge in [0, 0.05) is 24.0 Å². The largest absolute Gasteiger partial charge is 0.345 e. The van der Waals surface area contributed by atoms with Gasteiger partial charge < -0.3 is 10.2 Å². The van der Waals surface area contributed by atoms with Crippen LogP contribution in [0.4, 0.5) is 5.13 Å². The number of hydrogen-bond donors (Lipinski definition) is 1. The van der Waals surface area contributed by atoms with Crippen molar-refractivity contribution in [3.8, 4) is 0 Å². The number of nitrogens with one attached hydrogen (secondary N) is 1. The summed E-state index contributed by atoms with van der Waals surface area (Å²) in [5.74, 6) is 1.49. The number of nitrogens with zero attached hydrogens (tertiary/aromatic N) is 2. The monoisotopic (exact) mass is 309 g/mol. The molecule has 2 rings (SSSR count). The average Bonchev–Trinajstić information content (AvgIpc) is 2.93. The van der Waals surface area contributed by atoms with Crippen molar-refractivity contribution in [3.63, 3.8) is 0 Å². The standard InChI is InChI=1S/C17H31N3S/c1-6-7-15-16(10-18-9-12(2)3)21-17(19-15)20-11-13(4)8-14(20)5/h12-14,18H,6-11H2,1-5H3. The van der Waals surface area contributed by atoms with Crippen LogP contribution in [0.15, 0.2) is 0 Å². The highest BCUT2D eigenvalue weighted by molar-refractivity contribution is 7.15. The van der Waals surface area contributed by atoms with Crippen molar-refractivity contribution in [1.82, 2.24) is 10.3 Å². The van der Waals surface area contributed by atoms with Gasteiger partial charge in [0.2, 0.25) is 0 Å². The number of anilines is 1. The zero-order valence-corrected chi connectivity index (χ0v) is 15.1. The van der Waals surface area contributed by atoms with Gasteiger partial charge in [-0.1, -0.05) is 34.1 Å². The van der Waals surface area contributed by atoms with Crippen molar-refractivity contribution in [2.75, 3.05) is 18.0 Å². The molecule has 3 nitrogen and oxygen atoms in total. The molecule has 0 amide bonds. The lowest BCUT2D eigenvalue weighted by molar-refractivity contribution is 0.553. The maximum absolute atomic E-state index is 4.97. The average molecular weight is 310 g/mol. The fourth-order valence-electron chi connectivity index (χ4n) is 3.10. The smallest absolute Gasteiger partial charge is 0.186 e. The van der Waals surface area contributed by atoms with Gasteiger partial charge in [0.15, 0.2) is 5.13 Å². The summed E-state index contributed by atoms with van der Waals surface area (Å²) in [6.07, 6.45) is 3.57. The van der Waals surface area contributed by atoms with Gasteiger partial charge in [0.25, 0.3) is 0 Å². The number of hydrogen-bond acceptors (Lipinski definition) is 4. The van der Waals surface area contributed by atoms with E-state index < -0.39 is 0 Å². The fourth-order valence-corrected chi connectivity index (χ4v) is 4.29. The van der Waals surface area contributed by atoms with E-state index in [4.69, 9.17) is 4.98 Å². The highest BCUT2D eigenvalue weighted by atomic mass is 32.1. The minimum Gasteiger partial charge on any atom is -0.345 e. The Balaban J connectivity index is 2.08. The highest BCUT2D eigenvalue weighted by Crippen LogP contribution is 2.34. The Hall–Kier alpha value is -0.610. The van der Waals surface area contributed by atoms with E-state index >= 15 is 0 Å². The molecule has 0 spiro atoms. The van der Waals surface area contributed by atoms with E-state index in [1.54, 1.807) is 0 Å². The molecule has 120 valence electrons. The number of rotatable bonds is 7. The van der Waals surface area contributed by atoms with Crippen LogP contribution in [0.5, 0.6) is 0 Å². The van der Waals surface area contributed by atoms with Gasteiger partial charge in [0.05, 0.1) is 5.69 Å². The third kappa shape index (κ3) is 4.43. The summed E-state index contributed by atoms with van der Waals surface area (Å²) in [4.78, 5) is 8.93. The molecule has 4 heteroatoms. The van der Waals surface area contributed by atoms with E-state index in [0.29, 0.717) is 12.0 Å². The molecule has 1 aromatic rings. The molecule has 1 fully saturated rings. The minimum atomic E-state index is 0.636. The van der Waals surface area contributed by atoms with Crippen LogP contribution in [0.1, 0.15) is 58.0 Å². The van der Waals surface area contributed by atoms with Crippen LogP contribution in [-0.4, -0.2) is 24.1 Å². The first-order chi connectivity index (χ1) is 10.0. The second kappa shape index (κ2) is 7.59. The summed E-state index contributed by atoms with van der Waals surface area (Å²) in [5.41, 5.74) is 1.32. The molecular formula is C17H31N3S. The van der Waals surface area contributed by atoms with E-state index in [0.717, 1.165) is 25.4 Å². The Bertz CT molecular complexity index is 441. The van der Waals surface area contributed by atoms with Gasteiger partial charge >= 0.3 is 0 Å². The van der Waals surface area contributed by atoms with Gasteiger partial charge in [-0.25, -0.2) is 4.98 Å². The molecule has 2 atom stereocenters. The Labute approximate surface area is 134 Å². The number of aryl methyl sites for hydroxylation is 1. The quantitative estimate of drug-likeness (QED) is 0.822. The normalized spacial score (nSPS) is 22.5. The summed E-state index contributed by atoms with van der Waals surface area (Å²) in [5, 5.41) is 4.82. The molecule has 2 unspecified atom stereocenters. The molecule has 1 aliphatic rings. The van der Waals surface area contributed by atoms with E-state index in [1.807, 2.05) is 11.3 Å². The molecule has 1 saturated heterocycles. The molecule has 2 heterocycles. The van der Waals surface area contributed by atoms with Crippen molar-refractivity contribution in [3.05, 3.63) is 10.6 Å². The minimum absolute atomic E-state index is 0.636. The molecule has 0 saturated carbocycles.